The molecule has 1 N–H and O–H groups in total. The predicted octanol–water partition coefficient (Wildman–Crippen LogP) is 4.45. The Kier molecular flexibility index (Phi) is 7.28. The average Bonchev–Trinajstić information content (AvgIpc) is 2.75. The molecule has 8 heteroatoms. The third kappa shape index (κ3) is 4.43. The number of methoxy groups -OCH3 is 3. The molecule has 1 unspecified atom stereocenters. The minimum atomic E-state index is -0.389. The Bertz CT molecular complexity index is 1140. The second-order valence-corrected chi connectivity index (χ2v) is 9.63. The maximum atomic E-state index is 13.5. The van der Waals surface area contributed by atoms with Gasteiger partial charge >= 0.3 is 5.56 Å². The van der Waals surface area contributed by atoms with Crippen molar-refractivity contribution in [2.24, 2.45) is 0 Å². The first-order chi connectivity index (χ1) is 14.9. The fraction of sp³-hybridized carbons (Fsp3) is 0.348. The smallest absolute Gasteiger partial charge is 0.310 e. The molecule has 0 amide bonds. The van der Waals surface area contributed by atoms with Gasteiger partial charge in [0.05, 0.1) is 33.4 Å². The molecule has 0 aliphatic rings. The molecule has 0 saturated heterocycles. The van der Waals surface area contributed by atoms with Crippen LogP contribution in [0, 0.1) is 0 Å². The van der Waals surface area contributed by atoms with Crippen molar-refractivity contribution in [2.45, 2.75) is 24.8 Å². The molecule has 0 spiro atoms. The van der Waals surface area contributed by atoms with Gasteiger partial charge in [0.15, 0.2) is 17.2 Å². The molecule has 1 aromatic heterocycles. The Morgan fingerprint density at radius 1 is 1.06 bits per heavy atom. The molecule has 0 fully saturated rings. The standard InChI is InChI=1S/C23H26ClNO5S/c1-6-9-31(5)22-20(26)16-8-7-15(24)12-17(16)25(23(22)27)13-14-10-18(28-2)21(30-4)19(11-14)29-3/h7-8,10-12H,6,9,13H2,1-5H3/p+1. The monoisotopic (exact) mass is 464 g/mol. The van der Waals surface area contributed by atoms with Crippen LogP contribution in [0.2, 0.25) is 5.02 Å². The second-order valence-electron chi connectivity index (χ2n) is 7.11. The summed E-state index contributed by atoms with van der Waals surface area (Å²) in [5.41, 5.74) is 1.14. The largest absolute Gasteiger partial charge is 0.503 e. The summed E-state index contributed by atoms with van der Waals surface area (Å²) in [5, 5.41) is 12.0. The third-order valence-corrected chi connectivity index (χ3v) is 7.40. The van der Waals surface area contributed by atoms with E-state index in [1.807, 2.05) is 18.4 Å². The number of benzene rings is 2. The van der Waals surface area contributed by atoms with E-state index in [2.05, 4.69) is 6.92 Å². The minimum absolute atomic E-state index is 0.0390. The van der Waals surface area contributed by atoms with E-state index in [4.69, 9.17) is 25.8 Å². The highest BCUT2D eigenvalue weighted by Gasteiger charge is 2.28. The van der Waals surface area contributed by atoms with Crippen LogP contribution in [0.25, 0.3) is 10.9 Å². The third-order valence-electron chi connectivity index (χ3n) is 5.08. The van der Waals surface area contributed by atoms with Crippen LogP contribution in [0.5, 0.6) is 23.0 Å². The zero-order valence-corrected chi connectivity index (χ0v) is 19.9. The summed E-state index contributed by atoms with van der Waals surface area (Å²) >= 11 is 6.23. The van der Waals surface area contributed by atoms with Gasteiger partial charge in [-0.05, 0) is 42.3 Å². The summed E-state index contributed by atoms with van der Waals surface area (Å²) in [4.78, 5) is 14.0. The van der Waals surface area contributed by atoms with Crippen LogP contribution in [0.4, 0.5) is 0 Å². The van der Waals surface area contributed by atoms with E-state index in [0.29, 0.717) is 38.1 Å². The molecule has 0 aliphatic heterocycles. The van der Waals surface area contributed by atoms with Crippen LogP contribution in [0.1, 0.15) is 18.9 Å². The van der Waals surface area contributed by atoms with E-state index in [1.165, 1.54) is 0 Å². The molecule has 1 heterocycles. The molecule has 3 aromatic rings. The molecule has 0 saturated carbocycles. The molecule has 3 rings (SSSR count). The summed E-state index contributed by atoms with van der Waals surface area (Å²) < 4.78 is 18.0. The van der Waals surface area contributed by atoms with E-state index < -0.39 is 0 Å². The van der Waals surface area contributed by atoms with Crippen LogP contribution in [-0.2, 0) is 17.4 Å². The highest BCUT2D eigenvalue weighted by Crippen LogP contribution is 2.39. The van der Waals surface area contributed by atoms with Crippen LogP contribution >= 0.6 is 11.6 Å². The van der Waals surface area contributed by atoms with Gasteiger partial charge in [0, 0.05) is 21.3 Å². The van der Waals surface area contributed by atoms with Crippen molar-refractivity contribution in [1.29, 1.82) is 0 Å². The van der Waals surface area contributed by atoms with Crippen molar-refractivity contribution < 1.29 is 19.3 Å². The minimum Gasteiger partial charge on any atom is -0.503 e. The van der Waals surface area contributed by atoms with Crippen molar-refractivity contribution in [2.75, 3.05) is 33.3 Å². The average molecular weight is 465 g/mol. The summed E-state index contributed by atoms with van der Waals surface area (Å²) in [5.74, 6) is 2.36. The second kappa shape index (κ2) is 9.75. The molecule has 166 valence electrons. The SMILES string of the molecule is CCC[S+](C)c1c(O)c2ccc(Cl)cc2n(Cc2cc(OC)c(OC)c(OC)c2)c1=O. The van der Waals surface area contributed by atoms with Gasteiger partial charge < -0.3 is 19.3 Å². The lowest BCUT2D eigenvalue weighted by Gasteiger charge is -2.17. The lowest BCUT2D eigenvalue weighted by atomic mass is 10.1. The normalized spacial score (nSPS) is 12.1. The first-order valence-electron chi connectivity index (χ1n) is 9.82. The Morgan fingerprint density at radius 2 is 1.71 bits per heavy atom. The number of halogens is 1. The van der Waals surface area contributed by atoms with Crippen LogP contribution in [0.15, 0.2) is 40.0 Å². The topological polar surface area (TPSA) is 69.9 Å². The quantitative estimate of drug-likeness (QED) is 0.499. The molecular weight excluding hydrogens is 438 g/mol. The van der Waals surface area contributed by atoms with Gasteiger partial charge in [-0.3, -0.25) is 9.36 Å². The van der Waals surface area contributed by atoms with Crippen molar-refractivity contribution in [3.8, 4) is 23.0 Å². The number of aromatic nitrogens is 1. The maximum Gasteiger partial charge on any atom is 0.310 e. The molecule has 0 radical (unpaired) electrons. The summed E-state index contributed by atoms with van der Waals surface area (Å²) in [6, 6.07) is 8.80. The van der Waals surface area contributed by atoms with Crippen LogP contribution < -0.4 is 19.8 Å². The molecule has 0 bridgehead atoms. The Morgan fingerprint density at radius 3 is 2.26 bits per heavy atom. The zero-order chi connectivity index (χ0) is 22.7. The van der Waals surface area contributed by atoms with Crippen molar-refractivity contribution in [3.05, 3.63) is 51.3 Å². The molecule has 31 heavy (non-hydrogen) atoms. The Labute approximate surface area is 189 Å². The fourth-order valence-electron chi connectivity index (χ4n) is 3.67. The number of fused-ring (bicyclic) bond motifs is 1. The van der Waals surface area contributed by atoms with Crippen molar-refractivity contribution in [3.63, 3.8) is 0 Å². The predicted molar refractivity (Wildman–Crippen MR) is 127 cm³/mol. The van der Waals surface area contributed by atoms with Crippen LogP contribution in [-0.4, -0.2) is 43.0 Å². The number of nitrogens with zero attached hydrogens (tertiary/aromatic N) is 1. The number of hydrogen-bond acceptors (Lipinski definition) is 5. The van der Waals surface area contributed by atoms with E-state index in [0.717, 1.165) is 17.7 Å². The van der Waals surface area contributed by atoms with E-state index >= 15 is 0 Å². The number of pyridine rings is 1. The van der Waals surface area contributed by atoms with Crippen molar-refractivity contribution in [1.82, 2.24) is 4.57 Å². The summed E-state index contributed by atoms with van der Waals surface area (Å²) in [6.07, 6.45) is 2.91. The van der Waals surface area contributed by atoms with Gasteiger partial charge in [0.2, 0.25) is 5.75 Å². The highest BCUT2D eigenvalue weighted by atomic mass is 35.5. The van der Waals surface area contributed by atoms with Gasteiger partial charge in [-0.1, -0.05) is 18.5 Å². The Balaban J connectivity index is 2.27. The van der Waals surface area contributed by atoms with Crippen LogP contribution in [0.3, 0.4) is 0 Å². The molecule has 6 nitrogen and oxygen atoms in total. The first kappa shape index (κ1) is 23.2. The molecule has 2 aromatic carbocycles. The lowest BCUT2D eigenvalue weighted by Crippen LogP contribution is -2.28. The molecule has 1 atom stereocenters. The maximum absolute atomic E-state index is 13.5. The van der Waals surface area contributed by atoms with Gasteiger partial charge in [0.1, 0.15) is 12.0 Å². The summed E-state index contributed by atoms with van der Waals surface area (Å²) in [6.45, 7) is 2.32. The number of ether oxygens (including phenoxy) is 3. The van der Waals surface area contributed by atoms with Gasteiger partial charge in [-0.25, -0.2) is 0 Å². The number of aromatic hydroxyl groups is 1. The van der Waals surface area contributed by atoms with E-state index in [9.17, 15) is 9.90 Å². The highest BCUT2D eigenvalue weighted by molar-refractivity contribution is 7.96. The van der Waals surface area contributed by atoms with E-state index in [-0.39, 0.29) is 28.7 Å². The number of hydrogen-bond donors (Lipinski definition) is 1. The van der Waals surface area contributed by atoms with Gasteiger partial charge in [-0.15, -0.1) is 0 Å². The van der Waals surface area contributed by atoms with Gasteiger partial charge in [0.25, 0.3) is 4.90 Å². The number of rotatable bonds is 8. The van der Waals surface area contributed by atoms with Gasteiger partial charge in [-0.2, -0.15) is 0 Å². The van der Waals surface area contributed by atoms with Crippen molar-refractivity contribution >= 4 is 33.4 Å². The van der Waals surface area contributed by atoms with E-state index in [1.54, 1.807) is 44.1 Å². The summed E-state index contributed by atoms with van der Waals surface area (Å²) in [7, 11) is 4.26. The Hall–Kier alpha value is -2.51. The molecule has 0 aliphatic carbocycles. The zero-order valence-electron chi connectivity index (χ0n) is 18.3. The lowest BCUT2D eigenvalue weighted by molar-refractivity contribution is 0.323. The fourth-order valence-corrected chi connectivity index (χ4v) is 5.50. The molecular formula is C23H27ClNO5S+. The first-order valence-corrected chi connectivity index (χ1v) is 12.0.